The molecule has 0 aliphatic carbocycles. The molecule has 0 saturated carbocycles. The van der Waals surface area contributed by atoms with Crippen LogP contribution < -0.4 is 16.1 Å². The third kappa shape index (κ3) is 5.31. The first-order chi connectivity index (χ1) is 10.3. The van der Waals surface area contributed by atoms with E-state index in [1.165, 1.54) is 0 Å². The van der Waals surface area contributed by atoms with Crippen LogP contribution in [0.3, 0.4) is 0 Å². The fourth-order valence-corrected chi connectivity index (χ4v) is 1.89. The molecule has 2 amide bonds. The molecule has 0 radical (unpaired) electrons. The highest BCUT2D eigenvalue weighted by Gasteiger charge is 2.17. The maximum Gasteiger partial charge on any atom is 0.267 e. The molecule has 1 aliphatic heterocycles. The first-order valence-electron chi connectivity index (χ1n) is 6.99. The Kier molecular flexibility index (Phi) is 5.83. The fraction of sp³-hybridized carbons (Fsp3) is 0.429. The van der Waals surface area contributed by atoms with E-state index in [2.05, 4.69) is 26.1 Å². The number of amides is 2. The molecule has 1 aromatic rings. The number of hydrogen-bond donors (Lipinski definition) is 3. The van der Waals surface area contributed by atoms with Gasteiger partial charge in [-0.2, -0.15) is 5.10 Å². The van der Waals surface area contributed by atoms with Gasteiger partial charge in [-0.3, -0.25) is 14.6 Å². The lowest BCUT2D eigenvalue weighted by molar-refractivity contribution is -0.121. The van der Waals surface area contributed by atoms with E-state index >= 15 is 0 Å². The quantitative estimate of drug-likeness (QED) is 0.613. The Hall–Kier alpha value is -2.28. The van der Waals surface area contributed by atoms with Crippen molar-refractivity contribution >= 4 is 17.5 Å². The molecule has 0 unspecified atom stereocenters. The molecule has 2 rings (SSSR count). The van der Waals surface area contributed by atoms with Crippen LogP contribution in [-0.2, 0) is 16.1 Å². The zero-order valence-electron chi connectivity index (χ0n) is 11.8. The Morgan fingerprint density at radius 1 is 1.33 bits per heavy atom. The van der Waals surface area contributed by atoms with Crippen molar-refractivity contribution < 1.29 is 9.59 Å². The summed E-state index contributed by atoms with van der Waals surface area (Å²) in [6.45, 7) is 2.14. The van der Waals surface area contributed by atoms with Gasteiger partial charge in [0.25, 0.3) is 5.91 Å². The number of carbonyl (C=O) groups is 2. The van der Waals surface area contributed by atoms with Gasteiger partial charge in [-0.25, -0.2) is 5.43 Å². The lowest BCUT2D eigenvalue weighted by Crippen LogP contribution is -2.37. The largest absolute Gasteiger partial charge is 0.351 e. The Bertz CT molecular complexity index is 515. The van der Waals surface area contributed by atoms with Crippen molar-refractivity contribution in [1.82, 2.24) is 21.0 Å². The SMILES string of the molecule is O=C1CCC(C(=O)NCCCNCc2cccnc2)=NN1. The van der Waals surface area contributed by atoms with E-state index in [1.807, 2.05) is 18.3 Å². The topological polar surface area (TPSA) is 95.5 Å². The molecule has 1 aliphatic rings. The molecule has 3 N–H and O–H groups in total. The van der Waals surface area contributed by atoms with Crippen molar-refractivity contribution in [2.24, 2.45) is 5.10 Å². The molecule has 0 atom stereocenters. The molecule has 0 aromatic carbocycles. The predicted molar refractivity (Wildman–Crippen MR) is 78.4 cm³/mol. The van der Waals surface area contributed by atoms with Crippen LogP contribution in [0.1, 0.15) is 24.8 Å². The van der Waals surface area contributed by atoms with Crippen molar-refractivity contribution in [3.63, 3.8) is 0 Å². The van der Waals surface area contributed by atoms with Crippen molar-refractivity contribution in [1.29, 1.82) is 0 Å². The lowest BCUT2D eigenvalue weighted by Gasteiger charge is -2.12. The summed E-state index contributed by atoms with van der Waals surface area (Å²) < 4.78 is 0. The molecule has 21 heavy (non-hydrogen) atoms. The van der Waals surface area contributed by atoms with Gasteiger partial charge in [-0.15, -0.1) is 0 Å². The van der Waals surface area contributed by atoms with E-state index in [0.29, 0.717) is 25.1 Å². The van der Waals surface area contributed by atoms with E-state index in [9.17, 15) is 9.59 Å². The summed E-state index contributed by atoms with van der Waals surface area (Å²) in [6.07, 6.45) is 5.11. The normalized spacial score (nSPS) is 14.3. The van der Waals surface area contributed by atoms with Gasteiger partial charge in [0.1, 0.15) is 5.71 Å². The molecule has 112 valence electrons. The van der Waals surface area contributed by atoms with Crippen LogP contribution in [0.25, 0.3) is 0 Å². The minimum Gasteiger partial charge on any atom is -0.351 e. The highest BCUT2D eigenvalue weighted by atomic mass is 16.2. The van der Waals surface area contributed by atoms with Crippen LogP contribution in [0.2, 0.25) is 0 Å². The summed E-state index contributed by atoms with van der Waals surface area (Å²) in [6, 6.07) is 3.91. The Balaban J connectivity index is 1.55. The van der Waals surface area contributed by atoms with Gasteiger partial charge >= 0.3 is 0 Å². The fourth-order valence-electron chi connectivity index (χ4n) is 1.89. The summed E-state index contributed by atoms with van der Waals surface area (Å²) in [5, 5.41) is 9.82. The zero-order valence-corrected chi connectivity index (χ0v) is 11.8. The van der Waals surface area contributed by atoms with Gasteiger partial charge in [0.2, 0.25) is 5.91 Å². The van der Waals surface area contributed by atoms with E-state index in [4.69, 9.17) is 0 Å². The second-order valence-electron chi connectivity index (χ2n) is 4.74. The smallest absolute Gasteiger partial charge is 0.267 e. The van der Waals surface area contributed by atoms with Crippen molar-refractivity contribution in [2.75, 3.05) is 13.1 Å². The summed E-state index contributed by atoms with van der Waals surface area (Å²) in [5.74, 6) is -0.353. The third-order valence-electron chi connectivity index (χ3n) is 3.03. The lowest BCUT2D eigenvalue weighted by atomic mass is 10.1. The number of hydrazone groups is 1. The summed E-state index contributed by atoms with van der Waals surface area (Å²) >= 11 is 0. The van der Waals surface area contributed by atoms with Crippen LogP contribution in [0.15, 0.2) is 29.6 Å². The predicted octanol–water partition coefficient (Wildman–Crippen LogP) is -0.0565. The van der Waals surface area contributed by atoms with E-state index in [1.54, 1.807) is 6.20 Å². The Morgan fingerprint density at radius 2 is 2.24 bits per heavy atom. The van der Waals surface area contributed by atoms with Crippen LogP contribution in [0, 0.1) is 0 Å². The maximum absolute atomic E-state index is 11.7. The average Bonchev–Trinajstić information content (AvgIpc) is 2.52. The van der Waals surface area contributed by atoms with E-state index in [-0.39, 0.29) is 11.8 Å². The Labute approximate surface area is 123 Å². The maximum atomic E-state index is 11.7. The third-order valence-corrected chi connectivity index (χ3v) is 3.03. The second-order valence-corrected chi connectivity index (χ2v) is 4.74. The second kappa shape index (κ2) is 8.11. The zero-order chi connectivity index (χ0) is 14.9. The van der Waals surface area contributed by atoms with Crippen molar-refractivity contribution in [2.45, 2.75) is 25.8 Å². The molecule has 1 aromatic heterocycles. The first kappa shape index (κ1) is 15.1. The number of pyridine rings is 1. The van der Waals surface area contributed by atoms with E-state index in [0.717, 1.165) is 25.1 Å². The summed E-state index contributed by atoms with van der Waals surface area (Å²) in [5.41, 5.74) is 3.83. The van der Waals surface area contributed by atoms with Crippen LogP contribution in [0.5, 0.6) is 0 Å². The van der Waals surface area contributed by atoms with E-state index < -0.39 is 0 Å². The molecular formula is C14H19N5O2. The molecule has 0 spiro atoms. The van der Waals surface area contributed by atoms with Gasteiger partial charge in [-0.05, 0) is 24.6 Å². The highest BCUT2D eigenvalue weighted by Crippen LogP contribution is 1.99. The first-order valence-corrected chi connectivity index (χ1v) is 6.99. The number of nitrogens with one attached hydrogen (secondary N) is 3. The van der Waals surface area contributed by atoms with Gasteiger partial charge in [0.15, 0.2) is 0 Å². The molecule has 0 fully saturated rings. The molecular weight excluding hydrogens is 270 g/mol. The monoisotopic (exact) mass is 289 g/mol. The van der Waals surface area contributed by atoms with Crippen molar-refractivity contribution in [3.05, 3.63) is 30.1 Å². The van der Waals surface area contributed by atoms with Gasteiger partial charge in [0, 0.05) is 38.3 Å². The van der Waals surface area contributed by atoms with Gasteiger partial charge < -0.3 is 10.6 Å². The highest BCUT2D eigenvalue weighted by molar-refractivity contribution is 6.39. The van der Waals surface area contributed by atoms with Crippen LogP contribution in [-0.4, -0.2) is 35.6 Å². The molecule has 0 bridgehead atoms. The summed E-state index contributed by atoms with van der Waals surface area (Å²) in [4.78, 5) is 26.7. The minimum absolute atomic E-state index is 0.147. The molecule has 7 heteroatoms. The van der Waals surface area contributed by atoms with Gasteiger partial charge in [0.05, 0.1) is 0 Å². The van der Waals surface area contributed by atoms with Gasteiger partial charge in [-0.1, -0.05) is 6.07 Å². The number of rotatable bonds is 7. The minimum atomic E-state index is -0.206. The molecule has 7 nitrogen and oxygen atoms in total. The average molecular weight is 289 g/mol. The van der Waals surface area contributed by atoms with Crippen LogP contribution >= 0.6 is 0 Å². The van der Waals surface area contributed by atoms with Crippen LogP contribution in [0.4, 0.5) is 0 Å². The molecule has 0 saturated heterocycles. The number of aromatic nitrogens is 1. The number of nitrogens with zero attached hydrogens (tertiary/aromatic N) is 2. The summed E-state index contributed by atoms with van der Waals surface area (Å²) in [7, 11) is 0. The van der Waals surface area contributed by atoms with Crippen molar-refractivity contribution in [3.8, 4) is 0 Å². The number of hydrogen-bond acceptors (Lipinski definition) is 5. The Morgan fingerprint density at radius 3 is 2.95 bits per heavy atom. The number of carbonyl (C=O) groups excluding carboxylic acids is 2. The standard InChI is InChI=1S/C14H19N5O2/c20-13-5-4-12(18-19-13)14(21)17-8-2-7-16-10-11-3-1-6-15-9-11/h1,3,6,9,16H,2,4-5,7-8,10H2,(H,17,21)(H,19,20). The molecule has 2 heterocycles.